The highest BCUT2D eigenvalue weighted by atomic mass is 16.5. The van der Waals surface area contributed by atoms with Crippen molar-refractivity contribution in [2.75, 3.05) is 13.2 Å². The summed E-state index contributed by atoms with van der Waals surface area (Å²) in [7, 11) is 0. The average Bonchev–Trinajstić information content (AvgIpc) is 2.54. The lowest BCUT2D eigenvalue weighted by molar-refractivity contribution is 0.0711. The van der Waals surface area contributed by atoms with Crippen molar-refractivity contribution >= 4 is 0 Å². The third-order valence-electron chi connectivity index (χ3n) is 5.98. The van der Waals surface area contributed by atoms with Gasteiger partial charge in [0.2, 0.25) is 0 Å². The van der Waals surface area contributed by atoms with Crippen molar-refractivity contribution in [2.45, 2.75) is 78.1 Å². The molecule has 2 fully saturated rings. The molecule has 0 spiro atoms. The fourth-order valence-corrected chi connectivity index (χ4v) is 4.56. The smallest absolute Gasteiger partial charge is 0.0494 e. The van der Waals surface area contributed by atoms with Gasteiger partial charge in [0.1, 0.15) is 0 Å². The average molecular weight is 293 g/mol. The molecule has 0 saturated heterocycles. The third-order valence-corrected chi connectivity index (χ3v) is 5.98. The molecular formula is C20H36O. The van der Waals surface area contributed by atoms with Crippen LogP contribution < -0.4 is 0 Å². The summed E-state index contributed by atoms with van der Waals surface area (Å²) < 4.78 is 5.61. The first kappa shape index (κ1) is 17.1. The van der Waals surface area contributed by atoms with E-state index in [9.17, 15) is 0 Å². The minimum absolute atomic E-state index is 0.860. The molecule has 2 rings (SSSR count). The summed E-state index contributed by atoms with van der Waals surface area (Å²) in [6.07, 6.45) is 19.1. The quantitative estimate of drug-likeness (QED) is 0.523. The molecule has 0 N–H and O–H groups in total. The van der Waals surface area contributed by atoms with Crippen LogP contribution in [0.25, 0.3) is 0 Å². The Bertz CT molecular complexity index is 280. The largest absolute Gasteiger partial charge is 0.381 e. The molecule has 0 aromatic carbocycles. The SMILES string of the molecule is C/C=C/CCC1CCC(C2CCC(COCC)CC2)CC1. The Morgan fingerprint density at radius 2 is 1.43 bits per heavy atom. The summed E-state index contributed by atoms with van der Waals surface area (Å²) in [6.45, 7) is 6.15. The lowest BCUT2D eigenvalue weighted by Gasteiger charge is -2.37. The van der Waals surface area contributed by atoms with Gasteiger partial charge >= 0.3 is 0 Å². The zero-order chi connectivity index (χ0) is 14.9. The molecule has 0 aromatic heterocycles. The van der Waals surface area contributed by atoms with E-state index >= 15 is 0 Å². The van der Waals surface area contributed by atoms with E-state index in [1.54, 1.807) is 0 Å². The first-order chi connectivity index (χ1) is 10.3. The van der Waals surface area contributed by atoms with E-state index in [0.717, 1.165) is 36.9 Å². The van der Waals surface area contributed by atoms with Crippen LogP contribution in [0.3, 0.4) is 0 Å². The Balaban J connectivity index is 1.62. The van der Waals surface area contributed by atoms with Gasteiger partial charge in [-0.2, -0.15) is 0 Å². The zero-order valence-electron chi connectivity index (χ0n) is 14.4. The highest BCUT2D eigenvalue weighted by Crippen LogP contribution is 2.42. The highest BCUT2D eigenvalue weighted by Gasteiger charge is 2.30. The number of hydrogen-bond donors (Lipinski definition) is 0. The van der Waals surface area contributed by atoms with Crippen LogP contribution in [0.2, 0.25) is 0 Å². The number of hydrogen-bond acceptors (Lipinski definition) is 1. The molecule has 1 nitrogen and oxygen atoms in total. The van der Waals surface area contributed by atoms with Gasteiger partial charge in [-0.3, -0.25) is 0 Å². The molecule has 0 atom stereocenters. The molecule has 122 valence electrons. The second-order valence-electron chi connectivity index (χ2n) is 7.37. The van der Waals surface area contributed by atoms with Crippen LogP contribution in [0.4, 0.5) is 0 Å². The predicted octanol–water partition coefficient (Wildman–Crippen LogP) is 5.99. The summed E-state index contributed by atoms with van der Waals surface area (Å²) in [5.41, 5.74) is 0. The fourth-order valence-electron chi connectivity index (χ4n) is 4.56. The molecule has 2 saturated carbocycles. The lowest BCUT2D eigenvalue weighted by atomic mass is 9.69. The van der Waals surface area contributed by atoms with Crippen LogP contribution in [-0.4, -0.2) is 13.2 Å². The Kier molecular flexibility index (Phi) is 7.85. The van der Waals surface area contributed by atoms with Crippen LogP contribution in [-0.2, 0) is 4.74 Å². The maximum absolute atomic E-state index is 5.61. The topological polar surface area (TPSA) is 9.23 Å². The van der Waals surface area contributed by atoms with Gasteiger partial charge in [0.05, 0.1) is 0 Å². The van der Waals surface area contributed by atoms with Crippen molar-refractivity contribution in [1.82, 2.24) is 0 Å². The minimum Gasteiger partial charge on any atom is -0.381 e. The molecule has 2 aliphatic carbocycles. The first-order valence-corrected chi connectivity index (χ1v) is 9.52. The molecule has 1 heteroatoms. The molecule has 0 heterocycles. The van der Waals surface area contributed by atoms with Crippen molar-refractivity contribution in [3.8, 4) is 0 Å². The molecular weight excluding hydrogens is 256 g/mol. The standard InChI is InChI=1S/C20H36O/c1-3-5-6-7-17-8-12-19(13-9-17)20-14-10-18(11-15-20)16-21-4-2/h3,5,17-20H,4,6-16H2,1-2H3/b5-3+. The number of ether oxygens (including phenoxy) is 1. The summed E-state index contributed by atoms with van der Waals surface area (Å²) in [5, 5.41) is 0. The predicted molar refractivity (Wildman–Crippen MR) is 91.4 cm³/mol. The van der Waals surface area contributed by atoms with Crippen LogP contribution in [0, 0.1) is 23.7 Å². The van der Waals surface area contributed by atoms with Crippen LogP contribution >= 0.6 is 0 Å². The van der Waals surface area contributed by atoms with Gasteiger partial charge in [-0.25, -0.2) is 0 Å². The van der Waals surface area contributed by atoms with E-state index in [2.05, 4.69) is 26.0 Å². The summed E-state index contributed by atoms with van der Waals surface area (Å²) in [5.74, 6) is 3.97. The van der Waals surface area contributed by atoms with Crippen LogP contribution in [0.15, 0.2) is 12.2 Å². The van der Waals surface area contributed by atoms with E-state index in [1.807, 2.05) is 0 Å². The van der Waals surface area contributed by atoms with Crippen molar-refractivity contribution in [1.29, 1.82) is 0 Å². The van der Waals surface area contributed by atoms with Crippen LogP contribution in [0.5, 0.6) is 0 Å². The van der Waals surface area contributed by atoms with E-state index in [-0.39, 0.29) is 0 Å². The monoisotopic (exact) mass is 292 g/mol. The Morgan fingerprint density at radius 3 is 1.95 bits per heavy atom. The van der Waals surface area contributed by atoms with Crippen LogP contribution in [0.1, 0.15) is 78.1 Å². The third kappa shape index (κ3) is 5.77. The normalized spacial score (nSPS) is 34.4. The van der Waals surface area contributed by atoms with Gasteiger partial charge in [0, 0.05) is 13.2 Å². The second-order valence-corrected chi connectivity index (χ2v) is 7.37. The Morgan fingerprint density at radius 1 is 0.857 bits per heavy atom. The van der Waals surface area contributed by atoms with Crippen molar-refractivity contribution in [3.63, 3.8) is 0 Å². The molecule has 0 bridgehead atoms. The maximum Gasteiger partial charge on any atom is 0.0494 e. The molecule has 0 aromatic rings. The zero-order valence-corrected chi connectivity index (χ0v) is 14.4. The molecule has 0 radical (unpaired) electrons. The van der Waals surface area contributed by atoms with E-state index in [4.69, 9.17) is 4.74 Å². The van der Waals surface area contributed by atoms with Gasteiger partial charge < -0.3 is 4.74 Å². The van der Waals surface area contributed by atoms with Gasteiger partial charge in [-0.05, 0) is 88.9 Å². The second kappa shape index (κ2) is 9.66. The lowest BCUT2D eigenvalue weighted by Crippen LogP contribution is -2.27. The summed E-state index contributed by atoms with van der Waals surface area (Å²) >= 11 is 0. The van der Waals surface area contributed by atoms with Crippen molar-refractivity contribution in [2.24, 2.45) is 23.7 Å². The van der Waals surface area contributed by atoms with Crippen molar-refractivity contribution < 1.29 is 4.74 Å². The number of rotatable bonds is 7. The first-order valence-electron chi connectivity index (χ1n) is 9.52. The summed E-state index contributed by atoms with van der Waals surface area (Å²) in [4.78, 5) is 0. The molecule has 0 unspecified atom stereocenters. The minimum atomic E-state index is 0.860. The molecule has 0 aliphatic heterocycles. The van der Waals surface area contributed by atoms with Crippen molar-refractivity contribution in [3.05, 3.63) is 12.2 Å². The fraction of sp³-hybridized carbons (Fsp3) is 0.900. The molecule has 21 heavy (non-hydrogen) atoms. The Labute approximate surface area is 132 Å². The summed E-state index contributed by atoms with van der Waals surface area (Å²) in [6, 6.07) is 0. The van der Waals surface area contributed by atoms with E-state index in [1.165, 1.54) is 64.2 Å². The van der Waals surface area contributed by atoms with Gasteiger partial charge in [-0.1, -0.05) is 25.0 Å². The highest BCUT2D eigenvalue weighted by molar-refractivity contribution is 4.84. The van der Waals surface area contributed by atoms with Gasteiger partial charge in [-0.15, -0.1) is 0 Å². The maximum atomic E-state index is 5.61. The molecule has 2 aliphatic rings. The molecule has 0 amide bonds. The van der Waals surface area contributed by atoms with E-state index < -0.39 is 0 Å². The Hall–Kier alpha value is -0.300. The number of allylic oxidation sites excluding steroid dienone is 2. The van der Waals surface area contributed by atoms with E-state index in [0.29, 0.717) is 0 Å². The van der Waals surface area contributed by atoms with Gasteiger partial charge in [0.25, 0.3) is 0 Å². The van der Waals surface area contributed by atoms with Gasteiger partial charge in [0.15, 0.2) is 0 Å².